The van der Waals surface area contributed by atoms with Gasteiger partial charge in [-0.1, -0.05) is 11.6 Å². The second-order valence-electron chi connectivity index (χ2n) is 4.63. The number of nitrogen functional groups attached to an aromatic ring is 1. The predicted octanol–water partition coefficient (Wildman–Crippen LogP) is 3.80. The quantitative estimate of drug-likeness (QED) is 0.719. The lowest BCUT2D eigenvalue weighted by molar-refractivity contribution is 0.0594. The van der Waals surface area contributed by atoms with Crippen LogP contribution < -0.4 is 5.73 Å². The first-order chi connectivity index (χ1) is 10.9. The molecule has 0 amide bonds. The maximum atomic E-state index is 14.4. The number of nitrogens with zero attached hydrogens (tertiary/aromatic N) is 1. The van der Waals surface area contributed by atoms with Gasteiger partial charge in [0.15, 0.2) is 11.5 Å². The van der Waals surface area contributed by atoms with Crippen LogP contribution in [0.2, 0.25) is 5.02 Å². The molecule has 0 atom stereocenters. The van der Waals surface area contributed by atoms with Gasteiger partial charge in [0.1, 0.15) is 17.1 Å². The highest BCUT2D eigenvalue weighted by atomic mass is 35.5. The molecular formula is C15H9ClF2N2O3. The molecular weight excluding hydrogens is 330 g/mol. The number of anilines is 1. The van der Waals surface area contributed by atoms with E-state index in [9.17, 15) is 13.6 Å². The maximum absolute atomic E-state index is 14.4. The first-order valence-electron chi connectivity index (χ1n) is 6.34. The SMILES string of the molecule is COC(=O)c1nc(-c2cc3occc3cc2F)c(F)c(N)c1Cl. The van der Waals surface area contributed by atoms with E-state index in [1.54, 1.807) is 6.07 Å². The van der Waals surface area contributed by atoms with Crippen LogP contribution >= 0.6 is 11.6 Å². The Morgan fingerprint density at radius 1 is 1.39 bits per heavy atom. The summed E-state index contributed by atoms with van der Waals surface area (Å²) in [6.07, 6.45) is 1.37. The van der Waals surface area contributed by atoms with Gasteiger partial charge in [-0.25, -0.2) is 18.6 Å². The third-order valence-corrected chi connectivity index (χ3v) is 3.67. The smallest absolute Gasteiger partial charge is 0.358 e. The monoisotopic (exact) mass is 338 g/mol. The highest BCUT2D eigenvalue weighted by molar-refractivity contribution is 6.35. The zero-order chi connectivity index (χ0) is 16.7. The number of benzene rings is 1. The minimum atomic E-state index is -1.03. The highest BCUT2D eigenvalue weighted by Crippen LogP contribution is 2.35. The van der Waals surface area contributed by atoms with Crippen molar-refractivity contribution in [1.82, 2.24) is 4.98 Å². The molecule has 8 heteroatoms. The van der Waals surface area contributed by atoms with Gasteiger partial charge < -0.3 is 14.9 Å². The van der Waals surface area contributed by atoms with Crippen LogP contribution in [0.5, 0.6) is 0 Å². The molecule has 0 unspecified atom stereocenters. The molecule has 2 aromatic heterocycles. The van der Waals surface area contributed by atoms with E-state index in [2.05, 4.69) is 9.72 Å². The van der Waals surface area contributed by atoms with Gasteiger partial charge in [-0.3, -0.25) is 0 Å². The van der Waals surface area contributed by atoms with Crippen LogP contribution in [0, 0.1) is 11.6 Å². The Kier molecular flexibility index (Phi) is 3.65. The minimum Gasteiger partial charge on any atom is -0.464 e. The molecule has 0 aliphatic carbocycles. The van der Waals surface area contributed by atoms with E-state index in [0.29, 0.717) is 11.0 Å². The third-order valence-electron chi connectivity index (χ3n) is 3.29. The number of fused-ring (bicyclic) bond motifs is 1. The van der Waals surface area contributed by atoms with Crippen LogP contribution in [-0.2, 0) is 4.74 Å². The molecule has 0 saturated heterocycles. The van der Waals surface area contributed by atoms with Gasteiger partial charge in [0, 0.05) is 10.9 Å². The Balaban J connectivity index is 2.31. The molecule has 0 aliphatic heterocycles. The number of halogens is 3. The van der Waals surface area contributed by atoms with Gasteiger partial charge in [0.05, 0.1) is 24.1 Å². The molecule has 118 valence electrons. The summed E-state index contributed by atoms with van der Waals surface area (Å²) in [5, 5.41) is 0.111. The number of esters is 1. The first-order valence-corrected chi connectivity index (χ1v) is 6.71. The molecule has 0 aliphatic rings. The second kappa shape index (κ2) is 5.51. The van der Waals surface area contributed by atoms with Crippen LogP contribution in [0.3, 0.4) is 0 Å². The molecule has 23 heavy (non-hydrogen) atoms. The number of rotatable bonds is 2. The van der Waals surface area contributed by atoms with Gasteiger partial charge in [-0.15, -0.1) is 0 Å². The molecule has 0 spiro atoms. The summed E-state index contributed by atoms with van der Waals surface area (Å²) in [6, 6.07) is 3.99. The van der Waals surface area contributed by atoms with Crippen molar-refractivity contribution in [3.05, 3.63) is 46.8 Å². The fraction of sp³-hybridized carbons (Fsp3) is 0.0667. The van der Waals surface area contributed by atoms with Crippen molar-refractivity contribution in [3.63, 3.8) is 0 Å². The van der Waals surface area contributed by atoms with E-state index < -0.39 is 39.7 Å². The van der Waals surface area contributed by atoms with Crippen LogP contribution in [-0.4, -0.2) is 18.1 Å². The summed E-state index contributed by atoms with van der Waals surface area (Å²) in [7, 11) is 1.11. The van der Waals surface area contributed by atoms with Crippen molar-refractivity contribution in [2.45, 2.75) is 0 Å². The number of carbonyl (C=O) groups is 1. The fourth-order valence-electron chi connectivity index (χ4n) is 2.14. The first kappa shape index (κ1) is 15.2. The number of methoxy groups -OCH3 is 1. The zero-order valence-electron chi connectivity index (χ0n) is 11.7. The summed E-state index contributed by atoms with van der Waals surface area (Å²) >= 11 is 5.81. The Hall–Kier alpha value is -2.67. The third kappa shape index (κ3) is 2.39. The van der Waals surface area contributed by atoms with E-state index in [1.165, 1.54) is 12.3 Å². The maximum Gasteiger partial charge on any atom is 0.358 e. The molecule has 0 fully saturated rings. The van der Waals surface area contributed by atoms with E-state index in [-0.39, 0.29) is 5.56 Å². The van der Waals surface area contributed by atoms with Crippen LogP contribution in [0.1, 0.15) is 10.5 Å². The normalized spacial score (nSPS) is 11.0. The van der Waals surface area contributed by atoms with Crippen LogP contribution in [0.15, 0.2) is 28.9 Å². The molecule has 3 aromatic rings. The van der Waals surface area contributed by atoms with Gasteiger partial charge in [-0.2, -0.15) is 0 Å². The molecule has 5 nitrogen and oxygen atoms in total. The molecule has 0 radical (unpaired) electrons. The Morgan fingerprint density at radius 3 is 2.83 bits per heavy atom. The topological polar surface area (TPSA) is 78.3 Å². The number of hydrogen-bond donors (Lipinski definition) is 1. The number of furan rings is 1. The molecule has 3 rings (SSSR count). The van der Waals surface area contributed by atoms with E-state index in [0.717, 1.165) is 13.2 Å². The highest BCUT2D eigenvalue weighted by Gasteiger charge is 2.24. The average Bonchev–Trinajstić information content (AvgIpc) is 2.99. The second-order valence-corrected chi connectivity index (χ2v) is 5.01. The van der Waals surface area contributed by atoms with Gasteiger partial charge in [0.25, 0.3) is 0 Å². The number of ether oxygens (including phenoxy) is 1. The van der Waals surface area contributed by atoms with Crippen molar-refractivity contribution in [2.75, 3.05) is 12.8 Å². The lowest BCUT2D eigenvalue weighted by Gasteiger charge is -2.11. The number of pyridine rings is 1. The average molecular weight is 339 g/mol. The predicted molar refractivity (Wildman–Crippen MR) is 80.1 cm³/mol. The Morgan fingerprint density at radius 2 is 2.13 bits per heavy atom. The van der Waals surface area contributed by atoms with Crippen molar-refractivity contribution in [2.24, 2.45) is 0 Å². The number of hydrogen-bond acceptors (Lipinski definition) is 5. The van der Waals surface area contributed by atoms with Crippen molar-refractivity contribution in [1.29, 1.82) is 0 Å². The number of aromatic nitrogens is 1. The minimum absolute atomic E-state index is 0.210. The molecule has 2 N–H and O–H groups in total. The van der Waals surface area contributed by atoms with E-state index >= 15 is 0 Å². The van der Waals surface area contributed by atoms with Crippen molar-refractivity contribution < 1.29 is 22.7 Å². The van der Waals surface area contributed by atoms with Gasteiger partial charge in [-0.05, 0) is 18.2 Å². The zero-order valence-corrected chi connectivity index (χ0v) is 12.4. The summed E-state index contributed by atoms with van der Waals surface area (Å²) in [6.45, 7) is 0. The Labute approximate surface area is 133 Å². The fourth-order valence-corrected chi connectivity index (χ4v) is 2.34. The Bertz CT molecular complexity index is 940. The number of nitrogens with two attached hydrogens (primary N) is 1. The molecule has 0 saturated carbocycles. The summed E-state index contributed by atoms with van der Waals surface area (Å²) in [5.74, 6) is -2.70. The summed E-state index contributed by atoms with van der Waals surface area (Å²) in [5.41, 5.74) is 4.30. The molecule has 0 bridgehead atoms. The van der Waals surface area contributed by atoms with Crippen molar-refractivity contribution >= 4 is 34.2 Å². The standard InChI is InChI=1S/C15H9ClF2N2O3/c1-22-15(21)14-10(16)12(19)11(18)13(20-14)7-5-9-6(2-3-23-9)4-8(7)17/h2-5H,1H3,(H2,19,20). The largest absolute Gasteiger partial charge is 0.464 e. The van der Waals surface area contributed by atoms with Gasteiger partial charge >= 0.3 is 5.97 Å². The van der Waals surface area contributed by atoms with Gasteiger partial charge in [0.2, 0.25) is 0 Å². The lowest BCUT2D eigenvalue weighted by atomic mass is 10.1. The van der Waals surface area contributed by atoms with Crippen molar-refractivity contribution in [3.8, 4) is 11.3 Å². The molecule has 2 heterocycles. The van der Waals surface area contributed by atoms with Crippen LogP contribution in [0.4, 0.5) is 14.5 Å². The lowest BCUT2D eigenvalue weighted by Crippen LogP contribution is -2.10. The van der Waals surface area contributed by atoms with Crippen LogP contribution in [0.25, 0.3) is 22.2 Å². The summed E-state index contributed by atoms with van der Waals surface area (Å²) < 4.78 is 38.3. The molecule has 1 aromatic carbocycles. The van der Waals surface area contributed by atoms with E-state index in [4.69, 9.17) is 21.8 Å². The summed E-state index contributed by atoms with van der Waals surface area (Å²) in [4.78, 5) is 15.5. The van der Waals surface area contributed by atoms with E-state index in [1.807, 2.05) is 0 Å². The number of carbonyl (C=O) groups excluding carboxylic acids is 1.